The molecule has 0 heterocycles. The molecule has 0 unspecified atom stereocenters. The molecule has 0 aromatic heterocycles. The minimum absolute atomic E-state index is 0.00184. The number of aliphatic imine (C=N–C) groups is 1. The summed E-state index contributed by atoms with van der Waals surface area (Å²) in [6.07, 6.45) is -4.09. The van der Waals surface area contributed by atoms with Crippen LogP contribution in [-0.4, -0.2) is 43.9 Å². The van der Waals surface area contributed by atoms with Crippen molar-refractivity contribution in [2.45, 2.75) is 19.6 Å². The van der Waals surface area contributed by atoms with E-state index >= 15 is 0 Å². The molecule has 0 saturated heterocycles. The Bertz CT molecular complexity index is 988. The first-order chi connectivity index (χ1) is 15.7. The topological polar surface area (TPSA) is 106 Å². The number of allylic oxidation sites excluding steroid dienone is 1. The lowest BCUT2D eigenvalue weighted by molar-refractivity contribution is -0.118. The van der Waals surface area contributed by atoms with Gasteiger partial charge >= 0.3 is 6.18 Å². The van der Waals surface area contributed by atoms with E-state index in [9.17, 15) is 22.8 Å². The Kier molecular flexibility index (Phi) is 9.46. The molecule has 176 valence electrons. The van der Waals surface area contributed by atoms with E-state index in [2.05, 4.69) is 15.6 Å². The number of carbonyl (C=O) groups excluding carboxylic acids is 2. The summed E-state index contributed by atoms with van der Waals surface area (Å²) in [5.74, 6) is -0.823. The number of alkyl halides is 3. The zero-order chi connectivity index (χ0) is 24.3. The Morgan fingerprint density at radius 1 is 1.03 bits per heavy atom. The number of nitrogens with zero attached hydrogens (tertiary/aromatic N) is 1. The molecule has 0 fully saturated rings. The molecule has 0 bridgehead atoms. The quantitative estimate of drug-likeness (QED) is 0.287. The van der Waals surface area contributed by atoms with Crippen LogP contribution >= 0.6 is 0 Å². The number of hydrogen-bond donors (Lipinski definition) is 3. The fraction of sp³-hybridized carbons (Fsp3) is 0.261. The molecule has 0 radical (unpaired) electrons. The first kappa shape index (κ1) is 25.4. The highest BCUT2D eigenvalue weighted by molar-refractivity contribution is 6.13. The second kappa shape index (κ2) is 12.3. The van der Waals surface area contributed by atoms with Gasteiger partial charge in [0.2, 0.25) is 0 Å². The highest BCUT2D eigenvalue weighted by Gasteiger charge is 2.35. The molecule has 0 spiro atoms. The minimum Gasteiger partial charge on any atom is -0.494 e. The summed E-state index contributed by atoms with van der Waals surface area (Å²) in [5.41, 5.74) is 3.95. The Hall–Kier alpha value is -3.82. The van der Waals surface area contributed by atoms with Crippen LogP contribution in [0.5, 0.6) is 5.75 Å². The van der Waals surface area contributed by atoms with Gasteiger partial charge in [0.15, 0.2) is 0 Å². The number of hydrogen-bond acceptors (Lipinski definition) is 5. The average molecular weight is 462 g/mol. The van der Waals surface area contributed by atoms with Crippen molar-refractivity contribution in [3.05, 3.63) is 77.0 Å². The van der Waals surface area contributed by atoms with Gasteiger partial charge in [0, 0.05) is 24.9 Å². The van der Waals surface area contributed by atoms with E-state index in [-0.39, 0.29) is 19.6 Å². The van der Waals surface area contributed by atoms with Crippen molar-refractivity contribution in [3.63, 3.8) is 0 Å². The molecule has 7 nitrogen and oxygen atoms in total. The van der Waals surface area contributed by atoms with Crippen molar-refractivity contribution >= 4 is 18.0 Å². The van der Waals surface area contributed by atoms with Crippen LogP contribution in [0.3, 0.4) is 0 Å². The van der Waals surface area contributed by atoms with Crippen molar-refractivity contribution in [2.24, 2.45) is 10.7 Å². The van der Waals surface area contributed by atoms with Gasteiger partial charge in [0.25, 0.3) is 11.8 Å². The summed E-state index contributed by atoms with van der Waals surface area (Å²) in [6.45, 7) is 2.31. The van der Waals surface area contributed by atoms with Gasteiger partial charge in [0.1, 0.15) is 11.4 Å². The van der Waals surface area contributed by atoms with Crippen molar-refractivity contribution < 1.29 is 27.5 Å². The van der Waals surface area contributed by atoms with Crippen LogP contribution in [0, 0.1) is 0 Å². The molecule has 2 amide bonds. The maximum Gasteiger partial charge on any atom is 0.431 e. The highest BCUT2D eigenvalue weighted by Crippen LogP contribution is 2.23. The third-order valence-electron chi connectivity index (χ3n) is 4.30. The molecule has 0 aliphatic carbocycles. The van der Waals surface area contributed by atoms with Crippen LogP contribution < -0.4 is 21.1 Å². The van der Waals surface area contributed by atoms with Gasteiger partial charge in [-0.15, -0.1) is 0 Å². The number of nitrogens with two attached hydrogens (primary N) is 1. The lowest BCUT2D eigenvalue weighted by atomic mass is 10.2. The van der Waals surface area contributed by atoms with E-state index in [0.717, 1.165) is 11.8 Å². The van der Waals surface area contributed by atoms with Gasteiger partial charge in [-0.3, -0.25) is 14.6 Å². The molecule has 0 atom stereocenters. The van der Waals surface area contributed by atoms with E-state index in [1.165, 1.54) is 0 Å². The smallest absolute Gasteiger partial charge is 0.431 e. The van der Waals surface area contributed by atoms with Crippen LogP contribution in [-0.2, 0) is 11.3 Å². The zero-order valence-electron chi connectivity index (χ0n) is 18.0. The highest BCUT2D eigenvalue weighted by atomic mass is 19.4. The lowest BCUT2D eigenvalue weighted by Gasteiger charge is -2.12. The third-order valence-corrected chi connectivity index (χ3v) is 4.30. The Morgan fingerprint density at radius 3 is 2.27 bits per heavy atom. The van der Waals surface area contributed by atoms with Gasteiger partial charge in [-0.1, -0.05) is 30.3 Å². The van der Waals surface area contributed by atoms with Gasteiger partial charge in [-0.25, -0.2) is 0 Å². The molecule has 4 N–H and O–H groups in total. The van der Waals surface area contributed by atoms with Gasteiger partial charge in [0.05, 0.1) is 18.7 Å². The number of halogens is 3. The number of benzene rings is 2. The largest absolute Gasteiger partial charge is 0.494 e. The van der Waals surface area contributed by atoms with Crippen LogP contribution in [0.4, 0.5) is 13.2 Å². The summed E-state index contributed by atoms with van der Waals surface area (Å²) < 4.78 is 44.5. The molecule has 33 heavy (non-hydrogen) atoms. The molecule has 0 aliphatic heterocycles. The van der Waals surface area contributed by atoms with E-state index in [0.29, 0.717) is 17.9 Å². The van der Waals surface area contributed by atoms with E-state index < -0.39 is 29.3 Å². The third kappa shape index (κ3) is 8.32. The first-order valence-corrected chi connectivity index (χ1v) is 10.1. The molecule has 0 saturated carbocycles. The molecule has 10 heteroatoms. The first-order valence-electron chi connectivity index (χ1n) is 10.1. The van der Waals surface area contributed by atoms with Crippen molar-refractivity contribution in [1.82, 2.24) is 10.6 Å². The predicted octanol–water partition coefficient (Wildman–Crippen LogP) is 2.98. The number of amides is 2. The Labute approximate surface area is 189 Å². The predicted molar refractivity (Wildman–Crippen MR) is 119 cm³/mol. The Morgan fingerprint density at radius 2 is 1.67 bits per heavy atom. The van der Waals surface area contributed by atoms with E-state index in [1.54, 1.807) is 54.6 Å². The Balaban J connectivity index is 1.93. The summed E-state index contributed by atoms with van der Waals surface area (Å²) >= 11 is 0. The molecule has 2 aromatic rings. The van der Waals surface area contributed by atoms with Crippen molar-refractivity contribution in [3.8, 4) is 5.75 Å². The second-order valence-corrected chi connectivity index (χ2v) is 6.75. The summed E-state index contributed by atoms with van der Waals surface area (Å²) in [5, 5.41) is 4.89. The molecule has 2 aromatic carbocycles. The minimum atomic E-state index is -4.90. The lowest BCUT2D eigenvalue weighted by Crippen LogP contribution is -2.37. The van der Waals surface area contributed by atoms with E-state index in [1.807, 2.05) is 6.92 Å². The van der Waals surface area contributed by atoms with Crippen molar-refractivity contribution in [1.29, 1.82) is 0 Å². The van der Waals surface area contributed by atoms with Crippen LogP contribution in [0.15, 0.2) is 70.9 Å². The maximum absolute atomic E-state index is 13.1. The summed E-state index contributed by atoms with van der Waals surface area (Å²) in [4.78, 5) is 28.4. The van der Waals surface area contributed by atoms with Crippen LogP contribution in [0.2, 0.25) is 0 Å². The van der Waals surface area contributed by atoms with Crippen LogP contribution in [0.25, 0.3) is 0 Å². The average Bonchev–Trinajstić information content (AvgIpc) is 2.79. The van der Waals surface area contributed by atoms with Gasteiger partial charge < -0.3 is 21.1 Å². The molecule has 2 rings (SSSR count). The molecular formula is C23H25F3N4O3. The van der Waals surface area contributed by atoms with Gasteiger partial charge in [-0.2, -0.15) is 13.2 Å². The monoisotopic (exact) mass is 462 g/mol. The number of nitrogens with one attached hydrogen (secondary N) is 2. The second-order valence-electron chi connectivity index (χ2n) is 6.75. The zero-order valence-corrected chi connectivity index (χ0v) is 18.0. The van der Waals surface area contributed by atoms with Crippen LogP contribution in [0.1, 0.15) is 22.8 Å². The fourth-order valence-corrected chi connectivity index (χ4v) is 2.65. The molecule has 0 aliphatic rings. The standard InChI is InChI=1S/C23H25F3N4O3/c1-2-33-18-10-8-17(9-11-18)21(31)29-12-13-30-22(32)19(20(27)23(24,25)26)15-28-14-16-6-4-3-5-7-16/h3-11,15H,2,12-14,27H2,1H3,(H,29,31)(H,30,32). The van der Waals surface area contributed by atoms with E-state index in [4.69, 9.17) is 10.5 Å². The van der Waals surface area contributed by atoms with Crippen molar-refractivity contribution in [2.75, 3.05) is 19.7 Å². The van der Waals surface area contributed by atoms with Gasteiger partial charge in [-0.05, 0) is 36.8 Å². The SMILES string of the molecule is CCOc1ccc(C(=O)NCCNC(=O)C(C=NCc2ccccc2)=C(N)C(F)(F)F)cc1. The number of ether oxygens (including phenoxy) is 1. The summed E-state index contributed by atoms with van der Waals surface area (Å²) in [7, 11) is 0. The fourth-order valence-electron chi connectivity index (χ4n) is 2.65. The normalized spacial score (nSPS) is 12.2. The molecular weight excluding hydrogens is 437 g/mol. The number of rotatable bonds is 10. The number of carbonyl (C=O) groups is 2. The maximum atomic E-state index is 13.1. The summed E-state index contributed by atoms with van der Waals surface area (Å²) in [6, 6.07) is 15.3.